The van der Waals surface area contributed by atoms with Crippen LogP contribution < -0.4 is 4.90 Å². The van der Waals surface area contributed by atoms with Crippen molar-refractivity contribution in [3.8, 4) is 0 Å². The van der Waals surface area contributed by atoms with E-state index < -0.39 is 5.72 Å². The fourth-order valence-electron chi connectivity index (χ4n) is 4.54. The van der Waals surface area contributed by atoms with Gasteiger partial charge in [-0.2, -0.15) is 0 Å². The second-order valence-electron chi connectivity index (χ2n) is 7.63. The number of halogens is 2. The molecule has 2 aliphatic heterocycles. The van der Waals surface area contributed by atoms with E-state index in [0.717, 1.165) is 25.3 Å². The molecule has 0 aromatic heterocycles. The summed E-state index contributed by atoms with van der Waals surface area (Å²) in [5.41, 5.74) is 0.669. The molecule has 160 valence electrons. The van der Waals surface area contributed by atoms with Gasteiger partial charge in [0.1, 0.15) is 5.82 Å². The number of ether oxygens (including phenoxy) is 1. The van der Waals surface area contributed by atoms with Gasteiger partial charge in [-0.05, 0) is 37.4 Å². The quantitative estimate of drug-likeness (QED) is 0.698. The van der Waals surface area contributed by atoms with Gasteiger partial charge in [-0.15, -0.1) is 0 Å². The monoisotopic (exact) mass is 431 g/mol. The van der Waals surface area contributed by atoms with E-state index in [1.165, 1.54) is 6.07 Å². The number of likely N-dealkylation sites (N-methyl/N-ethyl adjacent to an activating group) is 1. The summed E-state index contributed by atoms with van der Waals surface area (Å²) in [4.78, 5) is 19.3. The number of nitrogens with zero attached hydrogens (tertiary/aromatic N) is 3. The summed E-state index contributed by atoms with van der Waals surface area (Å²) in [5.74, 6) is -0.381. The van der Waals surface area contributed by atoms with E-state index in [9.17, 15) is 4.79 Å². The van der Waals surface area contributed by atoms with Gasteiger partial charge in [0, 0.05) is 35.8 Å². The van der Waals surface area contributed by atoms with Crippen LogP contribution in [-0.4, -0.2) is 61.6 Å². The number of fused-ring (bicyclic) bond motifs is 3. The molecule has 0 spiro atoms. The molecule has 2 heterocycles. The SMILES string of the molecule is CCN(CC)CCN1C(=O)CN2CCOC2(c2ccccc2F)c2cc(Cl)ccc21. The molecule has 1 unspecified atom stereocenters. The smallest absolute Gasteiger partial charge is 0.241 e. The highest BCUT2D eigenvalue weighted by Gasteiger charge is 2.52. The van der Waals surface area contributed by atoms with Crippen molar-refractivity contribution >= 4 is 23.2 Å². The maximum Gasteiger partial charge on any atom is 0.241 e. The van der Waals surface area contributed by atoms with Crippen molar-refractivity contribution in [3.63, 3.8) is 0 Å². The summed E-state index contributed by atoms with van der Waals surface area (Å²) in [5, 5.41) is 0.526. The molecule has 1 atom stereocenters. The van der Waals surface area contributed by atoms with Crippen molar-refractivity contribution in [2.45, 2.75) is 19.6 Å². The van der Waals surface area contributed by atoms with E-state index in [2.05, 4.69) is 18.7 Å². The molecule has 1 fully saturated rings. The molecule has 0 N–H and O–H groups in total. The number of carbonyl (C=O) groups is 1. The van der Waals surface area contributed by atoms with E-state index >= 15 is 4.39 Å². The molecular weight excluding hydrogens is 405 g/mol. The third kappa shape index (κ3) is 3.52. The van der Waals surface area contributed by atoms with E-state index in [1.54, 1.807) is 29.2 Å². The Balaban J connectivity index is 1.87. The Hall–Kier alpha value is -1.99. The van der Waals surface area contributed by atoms with Gasteiger partial charge < -0.3 is 14.5 Å². The fourth-order valence-corrected chi connectivity index (χ4v) is 4.72. The van der Waals surface area contributed by atoms with Gasteiger partial charge in [0.05, 0.1) is 18.8 Å². The Bertz CT molecular complexity index is 936. The van der Waals surface area contributed by atoms with Crippen LogP contribution >= 0.6 is 11.6 Å². The Morgan fingerprint density at radius 2 is 1.93 bits per heavy atom. The van der Waals surface area contributed by atoms with Gasteiger partial charge in [-0.25, -0.2) is 4.39 Å². The average Bonchev–Trinajstić information content (AvgIpc) is 3.12. The zero-order valence-electron chi connectivity index (χ0n) is 17.4. The summed E-state index contributed by atoms with van der Waals surface area (Å²) in [6.45, 7) is 8.46. The van der Waals surface area contributed by atoms with Gasteiger partial charge in [-0.3, -0.25) is 9.69 Å². The van der Waals surface area contributed by atoms with Crippen LogP contribution in [-0.2, 0) is 15.3 Å². The molecule has 2 aliphatic rings. The van der Waals surface area contributed by atoms with Crippen LogP contribution in [0.5, 0.6) is 0 Å². The Labute approximate surface area is 182 Å². The standard InChI is InChI=1S/C23H27ClFN3O2/c1-3-26(4-2)11-12-28-21-10-9-17(24)15-19(21)23(18-7-5-6-8-20(18)25)27(13-14-30-23)16-22(28)29/h5-10,15H,3-4,11-14,16H2,1-2H3. The van der Waals surface area contributed by atoms with E-state index in [4.69, 9.17) is 16.3 Å². The molecule has 5 nitrogen and oxygen atoms in total. The summed E-state index contributed by atoms with van der Waals surface area (Å²) < 4.78 is 21.3. The molecule has 0 radical (unpaired) electrons. The normalized spacial score (nSPS) is 21.6. The van der Waals surface area contributed by atoms with E-state index in [0.29, 0.717) is 35.8 Å². The third-order valence-corrected chi connectivity index (χ3v) is 6.37. The maximum absolute atomic E-state index is 15.0. The lowest BCUT2D eigenvalue weighted by molar-refractivity contribution is -0.123. The summed E-state index contributed by atoms with van der Waals surface area (Å²) in [6.07, 6.45) is 0. The average molecular weight is 432 g/mol. The van der Waals surface area contributed by atoms with Gasteiger partial charge in [-0.1, -0.05) is 43.6 Å². The predicted octanol–water partition coefficient (Wildman–Crippen LogP) is 3.70. The minimum absolute atomic E-state index is 0.0190. The fraction of sp³-hybridized carbons (Fsp3) is 0.435. The lowest BCUT2D eigenvalue weighted by Gasteiger charge is -2.37. The van der Waals surface area contributed by atoms with Crippen LogP contribution in [0.3, 0.4) is 0 Å². The first kappa shape index (κ1) is 21.2. The minimum atomic E-state index is -1.18. The van der Waals surface area contributed by atoms with Gasteiger partial charge in [0.2, 0.25) is 5.91 Å². The number of anilines is 1. The molecule has 0 aliphatic carbocycles. The van der Waals surface area contributed by atoms with Crippen LogP contribution in [0, 0.1) is 5.82 Å². The number of hydrogen-bond donors (Lipinski definition) is 0. The largest absolute Gasteiger partial charge is 0.350 e. The first-order valence-corrected chi connectivity index (χ1v) is 10.9. The molecule has 1 amide bonds. The highest BCUT2D eigenvalue weighted by Crippen LogP contribution is 2.47. The van der Waals surface area contributed by atoms with Crippen molar-refractivity contribution in [1.29, 1.82) is 0 Å². The number of rotatable bonds is 6. The Kier molecular flexibility index (Phi) is 6.11. The first-order valence-electron chi connectivity index (χ1n) is 10.5. The summed E-state index contributed by atoms with van der Waals surface area (Å²) in [7, 11) is 0. The van der Waals surface area contributed by atoms with Crippen molar-refractivity contribution in [1.82, 2.24) is 9.80 Å². The topological polar surface area (TPSA) is 36.0 Å². The number of carbonyl (C=O) groups excluding carboxylic acids is 1. The Morgan fingerprint density at radius 1 is 1.17 bits per heavy atom. The Morgan fingerprint density at radius 3 is 2.67 bits per heavy atom. The van der Waals surface area contributed by atoms with Crippen molar-refractivity contribution in [2.24, 2.45) is 0 Å². The lowest BCUT2D eigenvalue weighted by Crippen LogP contribution is -2.46. The molecular formula is C23H27ClFN3O2. The van der Waals surface area contributed by atoms with Gasteiger partial charge >= 0.3 is 0 Å². The molecule has 2 aromatic carbocycles. The molecule has 0 bridgehead atoms. The summed E-state index contributed by atoms with van der Waals surface area (Å²) in [6, 6.07) is 12.1. The van der Waals surface area contributed by atoms with Crippen LogP contribution in [0.15, 0.2) is 42.5 Å². The van der Waals surface area contributed by atoms with E-state index in [-0.39, 0.29) is 18.3 Å². The predicted molar refractivity (Wildman–Crippen MR) is 116 cm³/mol. The molecule has 7 heteroatoms. The van der Waals surface area contributed by atoms with Gasteiger partial charge in [0.15, 0.2) is 5.72 Å². The summed E-state index contributed by atoms with van der Waals surface area (Å²) >= 11 is 6.39. The zero-order valence-corrected chi connectivity index (χ0v) is 18.2. The molecule has 2 aromatic rings. The second kappa shape index (κ2) is 8.63. The van der Waals surface area contributed by atoms with Gasteiger partial charge in [0.25, 0.3) is 0 Å². The second-order valence-corrected chi connectivity index (χ2v) is 8.06. The number of benzene rings is 2. The first-order chi connectivity index (χ1) is 14.5. The molecule has 4 rings (SSSR count). The van der Waals surface area contributed by atoms with Crippen LogP contribution in [0.2, 0.25) is 5.02 Å². The zero-order chi connectivity index (χ0) is 21.3. The maximum atomic E-state index is 15.0. The van der Waals surface area contributed by atoms with Crippen LogP contribution in [0.25, 0.3) is 0 Å². The van der Waals surface area contributed by atoms with Crippen molar-refractivity contribution in [3.05, 3.63) is 64.4 Å². The highest BCUT2D eigenvalue weighted by molar-refractivity contribution is 6.30. The third-order valence-electron chi connectivity index (χ3n) is 6.13. The van der Waals surface area contributed by atoms with Crippen LogP contribution in [0.1, 0.15) is 25.0 Å². The molecule has 30 heavy (non-hydrogen) atoms. The lowest BCUT2D eigenvalue weighted by atomic mass is 9.91. The van der Waals surface area contributed by atoms with Crippen molar-refractivity contribution in [2.75, 3.05) is 50.8 Å². The number of amides is 1. The molecule has 1 saturated heterocycles. The molecule has 0 saturated carbocycles. The van der Waals surface area contributed by atoms with Crippen LogP contribution in [0.4, 0.5) is 10.1 Å². The minimum Gasteiger partial charge on any atom is -0.350 e. The highest BCUT2D eigenvalue weighted by atomic mass is 35.5. The van der Waals surface area contributed by atoms with Crippen molar-refractivity contribution < 1.29 is 13.9 Å². The number of hydrogen-bond acceptors (Lipinski definition) is 4. The van der Waals surface area contributed by atoms with E-state index in [1.807, 2.05) is 17.0 Å².